The van der Waals surface area contributed by atoms with Gasteiger partial charge in [0.25, 0.3) is 0 Å². The predicted octanol–water partition coefficient (Wildman–Crippen LogP) is 3.41. The number of fused-ring (bicyclic) bond motifs is 2. The molecule has 0 saturated carbocycles. The molecule has 0 bridgehead atoms. The van der Waals surface area contributed by atoms with Crippen molar-refractivity contribution in [2.75, 3.05) is 18.5 Å². The maximum atomic E-state index is 9.43. The molecule has 1 aromatic heterocycles. The molecule has 0 aliphatic rings. The number of aliphatic hydroxyl groups is 2. The summed E-state index contributed by atoms with van der Waals surface area (Å²) in [4.78, 5) is 4.58. The third-order valence-electron chi connectivity index (χ3n) is 4.14. The van der Waals surface area contributed by atoms with Crippen molar-refractivity contribution in [3.05, 3.63) is 60.7 Å². The van der Waals surface area contributed by atoms with Crippen LogP contribution < -0.4 is 5.32 Å². The molecule has 0 radical (unpaired) electrons. The SMILES string of the molecule is OCC(O)CNc1ccc2oc(-c3ccc4ccccc4c3)nc2c1. The van der Waals surface area contributed by atoms with Crippen LogP contribution in [0.3, 0.4) is 0 Å². The smallest absolute Gasteiger partial charge is 0.227 e. The van der Waals surface area contributed by atoms with Crippen LogP contribution in [0.15, 0.2) is 65.1 Å². The van der Waals surface area contributed by atoms with Gasteiger partial charge in [-0.1, -0.05) is 30.3 Å². The third kappa shape index (κ3) is 3.20. The van der Waals surface area contributed by atoms with E-state index in [1.54, 1.807) is 0 Å². The summed E-state index contributed by atoms with van der Waals surface area (Å²) in [6.07, 6.45) is -0.791. The number of nitrogens with zero attached hydrogens (tertiary/aromatic N) is 1. The fourth-order valence-corrected chi connectivity index (χ4v) is 2.78. The molecule has 4 rings (SSSR count). The van der Waals surface area contributed by atoms with E-state index in [1.165, 1.54) is 5.39 Å². The molecule has 0 saturated heterocycles. The van der Waals surface area contributed by atoms with Crippen LogP contribution in [0.25, 0.3) is 33.3 Å². The van der Waals surface area contributed by atoms with E-state index in [4.69, 9.17) is 9.52 Å². The number of nitrogens with one attached hydrogen (secondary N) is 1. The summed E-state index contributed by atoms with van der Waals surface area (Å²) in [7, 11) is 0. The molecule has 0 amide bonds. The minimum Gasteiger partial charge on any atom is -0.436 e. The number of anilines is 1. The quantitative estimate of drug-likeness (QED) is 0.521. The molecule has 126 valence electrons. The Morgan fingerprint density at radius 3 is 2.68 bits per heavy atom. The first-order valence-corrected chi connectivity index (χ1v) is 8.15. The average molecular weight is 334 g/mol. The number of aliphatic hydroxyl groups excluding tert-OH is 2. The van der Waals surface area contributed by atoms with Gasteiger partial charge in [0.15, 0.2) is 5.58 Å². The Kier molecular flexibility index (Phi) is 4.09. The molecular weight excluding hydrogens is 316 g/mol. The summed E-state index contributed by atoms with van der Waals surface area (Å²) >= 11 is 0. The standard InChI is InChI=1S/C20H18N2O3/c23-12-17(24)11-21-16-7-8-19-18(10-16)22-20(25-19)15-6-5-13-3-1-2-4-14(13)9-15/h1-10,17,21,23-24H,11-12H2. The van der Waals surface area contributed by atoms with E-state index in [0.29, 0.717) is 11.5 Å². The first-order valence-electron chi connectivity index (χ1n) is 8.15. The van der Waals surface area contributed by atoms with Crippen LogP contribution in [0.1, 0.15) is 0 Å². The Labute approximate surface area is 144 Å². The minimum atomic E-state index is -0.791. The van der Waals surface area contributed by atoms with Gasteiger partial charge in [0.1, 0.15) is 5.52 Å². The van der Waals surface area contributed by atoms with Gasteiger partial charge in [0.2, 0.25) is 5.89 Å². The molecule has 0 aliphatic carbocycles. The molecule has 1 atom stereocenters. The molecule has 5 heteroatoms. The molecule has 3 aromatic carbocycles. The average Bonchev–Trinajstić information content (AvgIpc) is 3.09. The van der Waals surface area contributed by atoms with Crippen LogP contribution in [0.4, 0.5) is 5.69 Å². The van der Waals surface area contributed by atoms with Gasteiger partial charge in [-0.15, -0.1) is 0 Å². The van der Waals surface area contributed by atoms with Gasteiger partial charge in [-0.25, -0.2) is 4.98 Å². The summed E-state index contributed by atoms with van der Waals surface area (Å²) in [5.41, 5.74) is 3.20. The van der Waals surface area contributed by atoms with Crippen LogP contribution in [0.5, 0.6) is 0 Å². The van der Waals surface area contributed by atoms with Crippen molar-refractivity contribution in [1.29, 1.82) is 0 Å². The molecule has 3 N–H and O–H groups in total. The number of rotatable bonds is 5. The lowest BCUT2D eigenvalue weighted by atomic mass is 10.1. The van der Waals surface area contributed by atoms with Gasteiger partial charge >= 0.3 is 0 Å². The van der Waals surface area contributed by atoms with Crippen LogP contribution in [-0.2, 0) is 0 Å². The summed E-state index contributed by atoms with van der Waals surface area (Å²) in [5.74, 6) is 0.577. The fourth-order valence-electron chi connectivity index (χ4n) is 2.78. The number of hydrogen-bond acceptors (Lipinski definition) is 5. The monoisotopic (exact) mass is 334 g/mol. The Morgan fingerprint density at radius 1 is 1.00 bits per heavy atom. The molecule has 0 spiro atoms. The first kappa shape index (κ1) is 15.6. The lowest BCUT2D eigenvalue weighted by Crippen LogP contribution is -2.22. The van der Waals surface area contributed by atoms with Crippen LogP contribution in [0.2, 0.25) is 0 Å². The lowest BCUT2D eigenvalue weighted by Gasteiger charge is -2.09. The van der Waals surface area contributed by atoms with Gasteiger partial charge in [0.05, 0.1) is 12.7 Å². The van der Waals surface area contributed by atoms with E-state index in [-0.39, 0.29) is 13.2 Å². The normalized spacial score (nSPS) is 12.6. The zero-order chi connectivity index (χ0) is 17.2. The Hall–Kier alpha value is -2.89. The van der Waals surface area contributed by atoms with E-state index in [9.17, 15) is 5.11 Å². The van der Waals surface area contributed by atoms with E-state index in [1.807, 2.05) is 36.4 Å². The van der Waals surface area contributed by atoms with Crippen molar-refractivity contribution in [2.45, 2.75) is 6.10 Å². The number of oxazole rings is 1. The molecule has 1 heterocycles. The zero-order valence-electron chi connectivity index (χ0n) is 13.5. The number of aromatic nitrogens is 1. The second kappa shape index (κ2) is 6.55. The zero-order valence-corrected chi connectivity index (χ0v) is 13.5. The topological polar surface area (TPSA) is 78.5 Å². The highest BCUT2D eigenvalue weighted by molar-refractivity contribution is 5.87. The van der Waals surface area contributed by atoms with Crippen molar-refractivity contribution >= 4 is 27.6 Å². The third-order valence-corrected chi connectivity index (χ3v) is 4.14. The van der Waals surface area contributed by atoms with Crippen LogP contribution >= 0.6 is 0 Å². The Morgan fingerprint density at radius 2 is 1.84 bits per heavy atom. The summed E-state index contributed by atoms with van der Waals surface area (Å²) in [6.45, 7) is 0.00268. The maximum Gasteiger partial charge on any atom is 0.227 e. The van der Waals surface area contributed by atoms with Gasteiger partial charge in [-0.2, -0.15) is 0 Å². The maximum absolute atomic E-state index is 9.43. The van der Waals surface area contributed by atoms with Crippen LogP contribution in [-0.4, -0.2) is 34.5 Å². The number of hydrogen-bond donors (Lipinski definition) is 3. The molecule has 5 nitrogen and oxygen atoms in total. The first-order chi connectivity index (χ1) is 12.2. The van der Waals surface area contributed by atoms with Crippen LogP contribution in [0, 0.1) is 0 Å². The van der Waals surface area contributed by atoms with Gasteiger partial charge in [-0.3, -0.25) is 0 Å². The van der Waals surface area contributed by atoms with Crippen molar-refractivity contribution in [3.63, 3.8) is 0 Å². The van der Waals surface area contributed by atoms with Gasteiger partial charge < -0.3 is 19.9 Å². The summed E-state index contributed by atoms with van der Waals surface area (Å²) < 4.78 is 5.88. The van der Waals surface area contributed by atoms with E-state index in [2.05, 4.69) is 34.6 Å². The summed E-state index contributed by atoms with van der Waals surface area (Å²) in [5, 5.41) is 23.7. The second-order valence-corrected chi connectivity index (χ2v) is 5.98. The van der Waals surface area contributed by atoms with Crippen molar-refractivity contribution < 1.29 is 14.6 Å². The molecule has 4 aromatic rings. The van der Waals surface area contributed by atoms with E-state index in [0.717, 1.165) is 22.2 Å². The molecule has 25 heavy (non-hydrogen) atoms. The fraction of sp³-hybridized carbons (Fsp3) is 0.150. The number of benzene rings is 3. The second-order valence-electron chi connectivity index (χ2n) is 5.98. The molecule has 1 unspecified atom stereocenters. The molecular formula is C20H18N2O3. The largest absolute Gasteiger partial charge is 0.436 e. The highest BCUT2D eigenvalue weighted by atomic mass is 16.3. The van der Waals surface area contributed by atoms with Gasteiger partial charge in [-0.05, 0) is 41.1 Å². The van der Waals surface area contributed by atoms with Gasteiger partial charge in [0, 0.05) is 17.8 Å². The highest BCUT2D eigenvalue weighted by Gasteiger charge is 2.10. The Bertz CT molecular complexity index is 1030. The van der Waals surface area contributed by atoms with Crippen molar-refractivity contribution in [1.82, 2.24) is 4.98 Å². The molecule has 0 fully saturated rings. The predicted molar refractivity (Wildman–Crippen MR) is 98.5 cm³/mol. The molecule has 0 aliphatic heterocycles. The Balaban J connectivity index is 1.65. The lowest BCUT2D eigenvalue weighted by molar-refractivity contribution is 0.105. The summed E-state index contributed by atoms with van der Waals surface area (Å²) in [6, 6.07) is 19.9. The van der Waals surface area contributed by atoms with Crippen molar-refractivity contribution in [3.8, 4) is 11.5 Å². The van der Waals surface area contributed by atoms with E-state index < -0.39 is 6.10 Å². The van der Waals surface area contributed by atoms with E-state index >= 15 is 0 Å². The van der Waals surface area contributed by atoms with Crippen molar-refractivity contribution in [2.24, 2.45) is 0 Å². The highest BCUT2D eigenvalue weighted by Crippen LogP contribution is 2.28. The minimum absolute atomic E-state index is 0.273.